The molecule has 0 bridgehead atoms. The van der Waals surface area contributed by atoms with Gasteiger partial charge in [-0.1, -0.05) is 43.8 Å². The van der Waals surface area contributed by atoms with Crippen molar-refractivity contribution in [3.8, 4) is 0 Å². The Morgan fingerprint density at radius 1 is 1.09 bits per heavy atom. The summed E-state index contributed by atoms with van der Waals surface area (Å²) in [5.74, 6) is 1.05. The lowest BCUT2D eigenvalue weighted by Crippen LogP contribution is -2.04. The normalized spacial score (nSPS) is 25.3. The van der Waals surface area contributed by atoms with Crippen LogP contribution in [0.1, 0.15) is 51.4 Å². The monoisotopic (exact) mass is 150 g/mol. The molecule has 0 atom stereocenters. The van der Waals surface area contributed by atoms with Gasteiger partial charge in [-0.25, -0.2) is 0 Å². The summed E-state index contributed by atoms with van der Waals surface area (Å²) in [5.41, 5.74) is 1.73. The van der Waals surface area contributed by atoms with Gasteiger partial charge in [0.2, 0.25) is 0 Å². The van der Waals surface area contributed by atoms with Crippen molar-refractivity contribution < 1.29 is 0 Å². The molecule has 0 heteroatoms. The molecule has 2 aliphatic rings. The first-order valence-corrected chi connectivity index (χ1v) is 5.13. The predicted molar refractivity (Wildman–Crippen MR) is 48.5 cm³/mol. The zero-order valence-electron chi connectivity index (χ0n) is 7.31. The standard InChI is InChI=1S/C11H18/c1-2-4-10(5-3-1)6-7-11-8-9-11/h7,10H,1-6,8-9H2. The first-order chi connectivity index (χ1) is 5.45. The zero-order valence-corrected chi connectivity index (χ0v) is 7.31. The summed E-state index contributed by atoms with van der Waals surface area (Å²) in [6, 6.07) is 0. The summed E-state index contributed by atoms with van der Waals surface area (Å²) in [7, 11) is 0. The Kier molecular flexibility index (Phi) is 2.30. The van der Waals surface area contributed by atoms with E-state index in [-0.39, 0.29) is 0 Å². The second-order valence-corrected chi connectivity index (χ2v) is 4.10. The van der Waals surface area contributed by atoms with Gasteiger partial charge in [-0.05, 0) is 25.2 Å². The van der Waals surface area contributed by atoms with Crippen molar-refractivity contribution in [3.05, 3.63) is 11.6 Å². The highest BCUT2D eigenvalue weighted by atomic mass is 14.2. The zero-order chi connectivity index (χ0) is 7.52. The van der Waals surface area contributed by atoms with Crippen LogP contribution in [0.3, 0.4) is 0 Å². The molecule has 0 amide bonds. The highest BCUT2D eigenvalue weighted by Crippen LogP contribution is 2.32. The molecular weight excluding hydrogens is 132 g/mol. The molecule has 0 N–H and O–H groups in total. The van der Waals surface area contributed by atoms with E-state index in [1.165, 1.54) is 51.4 Å². The van der Waals surface area contributed by atoms with Gasteiger partial charge in [-0.2, -0.15) is 0 Å². The fourth-order valence-corrected chi connectivity index (χ4v) is 2.03. The second kappa shape index (κ2) is 3.42. The van der Waals surface area contributed by atoms with Gasteiger partial charge in [-0.3, -0.25) is 0 Å². The number of allylic oxidation sites excluding steroid dienone is 2. The van der Waals surface area contributed by atoms with Gasteiger partial charge in [0.25, 0.3) is 0 Å². The average molecular weight is 150 g/mol. The Morgan fingerprint density at radius 2 is 1.82 bits per heavy atom. The van der Waals surface area contributed by atoms with E-state index in [9.17, 15) is 0 Å². The Balaban J connectivity index is 1.71. The smallest absolute Gasteiger partial charge is 0.0283 e. The van der Waals surface area contributed by atoms with E-state index >= 15 is 0 Å². The van der Waals surface area contributed by atoms with Gasteiger partial charge in [-0.15, -0.1) is 0 Å². The Bertz CT molecular complexity index is 143. The number of hydrogen-bond donors (Lipinski definition) is 0. The predicted octanol–water partition coefficient (Wildman–Crippen LogP) is 3.68. The minimum atomic E-state index is 1.05. The van der Waals surface area contributed by atoms with Crippen LogP contribution < -0.4 is 0 Å². The molecule has 11 heavy (non-hydrogen) atoms. The van der Waals surface area contributed by atoms with Crippen molar-refractivity contribution >= 4 is 0 Å². The minimum absolute atomic E-state index is 1.05. The molecule has 2 fully saturated rings. The van der Waals surface area contributed by atoms with Crippen molar-refractivity contribution in [2.24, 2.45) is 5.92 Å². The summed E-state index contributed by atoms with van der Waals surface area (Å²) >= 11 is 0. The van der Waals surface area contributed by atoms with Crippen LogP contribution >= 0.6 is 0 Å². The summed E-state index contributed by atoms with van der Waals surface area (Å²) in [5, 5.41) is 0. The van der Waals surface area contributed by atoms with Crippen LogP contribution in [0.25, 0.3) is 0 Å². The SMILES string of the molecule is C(CC1CCCCC1)=C1CC1. The number of hydrogen-bond acceptors (Lipinski definition) is 0. The maximum Gasteiger partial charge on any atom is -0.0283 e. The quantitative estimate of drug-likeness (QED) is 0.527. The van der Waals surface area contributed by atoms with Crippen LogP contribution in [0.2, 0.25) is 0 Å². The molecule has 0 nitrogen and oxygen atoms in total. The maximum atomic E-state index is 2.51. The molecule has 0 aromatic heterocycles. The van der Waals surface area contributed by atoms with E-state index in [0.29, 0.717) is 0 Å². The number of rotatable bonds is 2. The van der Waals surface area contributed by atoms with E-state index < -0.39 is 0 Å². The molecule has 0 spiro atoms. The molecule has 0 heterocycles. The van der Waals surface area contributed by atoms with E-state index in [1.54, 1.807) is 5.57 Å². The fraction of sp³-hybridized carbons (Fsp3) is 0.818. The molecule has 2 saturated carbocycles. The topological polar surface area (TPSA) is 0 Å². The van der Waals surface area contributed by atoms with Crippen LogP contribution in [-0.4, -0.2) is 0 Å². The Morgan fingerprint density at radius 3 is 2.45 bits per heavy atom. The lowest BCUT2D eigenvalue weighted by atomic mass is 9.87. The van der Waals surface area contributed by atoms with Crippen LogP contribution in [0.15, 0.2) is 11.6 Å². The van der Waals surface area contributed by atoms with E-state index in [4.69, 9.17) is 0 Å². The van der Waals surface area contributed by atoms with Crippen molar-refractivity contribution in [1.82, 2.24) is 0 Å². The van der Waals surface area contributed by atoms with Crippen LogP contribution in [0, 0.1) is 5.92 Å². The Labute approximate surface area is 69.7 Å². The molecule has 62 valence electrons. The lowest BCUT2D eigenvalue weighted by molar-refractivity contribution is 0.361. The molecule has 0 saturated heterocycles. The van der Waals surface area contributed by atoms with Gasteiger partial charge in [0.05, 0.1) is 0 Å². The summed E-state index contributed by atoms with van der Waals surface area (Å²) in [6.07, 6.45) is 14.2. The van der Waals surface area contributed by atoms with E-state index in [0.717, 1.165) is 5.92 Å². The minimum Gasteiger partial charge on any atom is -0.0850 e. The maximum absolute atomic E-state index is 2.51. The molecule has 0 aromatic carbocycles. The van der Waals surface area contributed by atoms with Crippen molar-refractivity contribution in [2.75, 3.05) is 0 Å². The largest absolute Gasteiger partial charge is 0.0850 e. The molecule has 0 aliphatic heterocycles. The third kappa shape index (κ3) is 2.36. The second-order valence-electron chi connectivity index (χ2n) is 4.10. The highest BCUT2D eigenvalue weighted by molar-refractivity contribution is 5.16. The average Bonchev–Trinajstić information content (AvgIpc) is 2.86. The van der Waals surface area contributed by atoms with Gasteiger partial charge in [0.15, 0.2) is 0 Å². The van der Waals surface area contributed by atoms with E-state index in [1.807, 2.05) is 0 Å². The van der Waals surface area contributed by atoms with E-state index in [2.05, 4.69) is 6.08 Å². The van der Waals surface area contributed by atoms with Gasteiger partial charge in [0, 0.05) is 0 Å². The first kappa shape index (κ1) is 7.39. The summed E-state index contributed by atoms with van der Waals surface area (Å²) in [6.45, 7) is 0. The lowest BCUT2D eigenvalue weighted by Gasteiger charge is -2.19. The molecule has 2 aliphatic carbocycles. The Hall–Kier alpha value is -0.260. The molecule has 0 aromatic rings. The van der Waals surface area contributed by atoms with Crippen molar-refractivity contribution in [1.29, 1.82) is 0 Å². The third-order valence-corrected chi connectivity index (χ3v) is 3.00. The third-order valence-electron chi connectivity index (χ3n) is 3.00. The molecule has 2 rings (SSSR count). The van der Waals surface area contributed by atoms with Crippen LogP contribution in [0.4, 0.5) is 0 Å². The fourth-order valence-electron chi connectivity index (χ4n) is 2.03. The van der Waals surface area contributed by atoms with Crippen molar-refractivity contribution in [3.63, 3.8) is 0 Å². The van der Waals surface area contributed by atoms with Gasteiger partial charge >= 0.3 is 0 Å². The molecular formula is C11H18. The molecule has 0 radical (unpaired) electrons. The van der Waals surface area contributed by atoms with Crippen LogP contribution in [-0.2, 0) is 0 Å². The summed E-state index contributed by atoms with van der Waals surface area (Å²) in [4.78, 5) is 0. The van der Waals surface area contributed by atoms with Crippen LogP contribution in [0.5, 0.6) is 0 Å². The molecule has 0 unspecified atom stereocenters. The first-order valence-electron chi connectivity index (χ1n) is 5.13. The van der Waals surface area contributed by atoms with Crippen molar-refractivity contribution in [2.45, 2.75) is 51.4 Å². The highest BCUT2D eigenvalue weighted by Gasteiger charge is 2.14. The van der Waals surface area contributed by atoms with Gasteiger partial charge < -0.3 is 0 Å². The van der Waals surface area contributed by atoms with Gasteiger partial charge in [0.1, 0.15) is 0 Å². The summed E-state index contributed by atoms with van der Waals surface area (Å²) < 4.78 is 0.